The number of amides is 3. The van der Waals surface area contributed by atoms with Crippen LogP contribution < -0.4 is 16.0 Å². The smallest absolute Gasteiger partial charge is 0.408 e. The summed E-state index contributed by atoms with van der Waals surface area (Å²) in [7, 11) is 0. The molecule has 3 amide bonds. The summed E-state index contributed by atoms with van der Waals surface area (Å²) < 4.78 is 5.26. The summed E-state index contributed by atoms with van der Waals surface area (Å²) in [6.07, 6.45) is 3.24. The first-order valence-corrected chi connectivity index (χ1v) is 13.1. The third kappa shape index (κ3) is 12.1. The predicted octanol–water partition coefficient (Wildman–Crippen LogP) is 3.30. The Morgan fingerprint density at radius 2 is 1.47 bits per heavy atom. The van der Waals surface area contributed by atoms with Crippen LogP contribution in [0.1, 0.15) is 52.5 Å². The van der Waals surface area contributed by atoms with Gasteiger partial charge >= 0.3 is 6.09 Å². The van der Waals surface area contributed by atoms with Gasteiger partial charge in [0.25, 0.3) is 0 Å². The van der Waals surface area contributed by atoms with Crippen molar-refractivity contribution in [1.82, 2.24) is 16.0 Å². The first kappa shape index (κ1) is 29.5. The van der Waals surface area contributed by atoms with Gasteiger partial charge in [0.15, 0.2) is 0 Å². The van der Waals surface area contributed by atoms with Gasteiger partial charge in [-0.3, -0.25) is 9.59 Å². The van der Waals surface area contributed by atoms with Crippen molar-refractivity contribution in [3.05, 3.63) is 35.9 Å². The summed E-state index contributed by atoms with van der Waals surface area (Å²) in [5.41, 5.74) is 0.836. The minimum atomic E-state index is -0.857. The zero-order valence-corrected chi connectivity index (χ0v) is 21.7. The van der Waals surface area contributed by atoms with Crippen molar-refractivity contribution in [2.24, 2.45) is 11.8 Å². The number of thioether (sulfide) groups is 1. The maximum Gasteiger partial charge on any atom is 0.408 e. The highest BCUT2D eigenvalue weighted by molar-refractivity contribution is 7.98. The fourth-order valence-electron chi connectivity index (χ4n) is 3.29. The van der Waals surface area contributed by atoms with E-state index in [1.807, 2.05) is 64.3 Å². The van der Waals surface area contributed by atoms with E-state index in [-0.39, 0.29) is 18.4 Å². The first-order valence-electron chi connectivity index (χ1n) is 11.7. The highest BCUT2D eigenvalue weighted by atomic mass is 32.2. The van der Waals surface area contributed by atoms with Gasteiger partial charge in [0.2, 0.25) is 11.8 Å². The van der Waals surface area contributed by atoms with Crippen molar-refractivity contribution in [1.29, 1.82) is 0 Å². The van der Waals surface area contributed by atoms with Gasteiger partial charge in [-0.05, 0) is 48.7 Å². The van der Waals surface area contributed by atoms with E-state index in [0.29, 0.717) is 25.5 Å². The molecule has 0 heterocycles. The molecule has 0 aromatic heterocycles. The van der Waals surface area contributed by atoms with Crippen molar-refractivity contribution >= 4 is 36.0 Å². The lowest BCUT2D eigenvalue weighted by Gasteiger charge is -2.26. The molecule has 3 atom stereocenters. The number of benzene rings is 1. The van der Waals surface area contributed by atoms with Crippen LogP contribution in [0.25, 0.3) is 0 Å². The van der Waals surface area contributed by atoms with E-state index in [1.165, 1.54) is 0 Å². The van der Waals surface area contributed by atoms with Gasteiger partial charge in [-0.25, -0.2) is 4.79 Å². The number of ether oxygens (including phenoxy) is 1. The number of alkyl carbamates (subject to hydrolysis) is 1. The summed E-state index contributed by atoms with van der Waals surface area (Å²) in [5.74, 6) is 0.113. The highest BCUT2D eigenvalue weighted by Gasteiger charge is 2.29. The average molecular weight is 494 g/mol. The second kappa shape index (κ2) is 16.1. The van der Waals surface area contributed by atoms with E-state index in [9.17, 15) is 19.2 Å². The Bertz CT molecular complexity index is 773. The molecule has 0 aliphatic heterocycles. The lowest BCUT2D eigenvalue weighted by molar-refractivity contribution is -0.131. The molecule has 0 bridgehead atoms. The Kier molecular flexibility index (Phi) is 14.0. The van der Waals surface area contributed by atoms with E-state index in [0.717, 1.165) is 11.3 Å². The number of carbonyl (C=O) groups is 4. The quantitative estimate of drug-likeness (QED) is 0.323. The number of rotatable bonds is 15. The Morgan fingerprint density at radius 1 is 0.912 bits per heavy atom. The SMILES string of the molecule is CSCC[C@@H](C=O)NC(=O)[C@H](CC(C)C)NC(=O)[C@H](CC(C)C)NC(=O)OCc1ccccc1. The molecule has 0 radical (unpaired) electrons. The van der Waals surface area contributed by atoms with E-state index >= 15 is 0 Å². The lowest BCUT2D eigenvalue weighted by Crippen LogP contribution is -2.55. The number of hydrogen-bond donors (Lipinski definition) is 3. The summed E-state index contributed by atoms with van der Waals surface area (Å²) in [5, 5.41) is 8.13. The monoisotopic (exact) mass is 493 g/mol. The third-order valence-electron chi connectivity index (χ3n) is 4.99. The Balaban J connectivity index is 2.82. The van der Waals surface area contributed by atoms with Crippen LogP contribution in [0.15, 0.2) is 30.3 Å². The number of carbonyl (C=O) groups excluding carboxylic acids is 4. The molecule has 1 rings (SSSR count). The second-order valence-electron chi connectivity index (χ2n) is 9.11. The number of nitrogens with one attached hydrogen (secondary N) is 3. The summed E-state index contributed by atoms with van der Waals surface area (Å²) in [4.78, 5) is 49.7. The largest absolute Gasteiger partial charge is 0.445 e. The molecule has 9 heteroatoms. The van der Waals surface area contributed by atoms with Crippen LogP contribution >= 0.6 is 11.8 Å². The molecular formula is C25H39N3O5S. The molecule has 0 aliphatic carbocycles. The molecular weight excluding hydrogens is 454 g/mol. The van der Waals surface area contributed by atoms with Gasteiger partial charge in [-0.15, -0.1) is 0 Å². The van der Waals surface area contributed by atoms with Gasteiger partial charge in [0.1, 0.15) is 25.0 Å². The Hall–Kier alpha value is -2.55. The van der Waals surface area contributed by atoms with Gasteiger partial charge in [-0.1, -0.05) is 58.0 Å². The Morgan fingerprint density at radius 3 is 2.00 bits per heavy atom. The van der Waals surface area contributed by atoms with Crippen LogP contribution in [0.4, 0.5) is 4.79 Å². The van der Waals surface area contributed by atoms with Gasteiger partial charge < -0.3 is 25.5 Å². The summed E-state index contributed by atoms with van der Waals surface area (Å²) in [6.45, 7) is 7.86. The molecule has 0 unspecified atom stereocenters. The third-order valence-corrected chi connectivity index (χ3v) is 5.64. The van der Waals surface area contributed by atoms with Gasteiger partial charge in [-0.2, -0.15) is 11.8 Å². The molecule has 34 heavy (non-hydrogen) atoms. The lowest BCUT2D eigenvalue weighted by atomic mass is 10.00. The van der Waals surface area contributed by atoms with Crippen molar-refractivity contribution < 1.29 is 23.9 Å². The fourth-order valence-corrected chi connectivity index (χ4v) is 3.78. The summed E-state index contributed by atoms with van der Waals surface area (Å²) >= 11 is 1.59. The molecule has 0 aliphatic rings. The molecule has 0 spiro atoms. The van der Waals surface area contributed by atoms with E-state index in [4.69, 9.17) is 4.74 Å². The van der Waals surface area contributed by atoms with Crippen LogP contribution in [-0.2, 0) is 25.7 Å². The van der Waals surface area contributed by atoms with Crippen molar-refractivity contribution in [3.8, 4) is 0 Å². The minimum absolute atomic E-state index is 0.0875. The fraction of sp³-hybridized carbons (Fsp3) is 0.600. The van der Waals surface area contributed by atoms with E-state index in [2.05, 4.69) is 16.0 Å². The van der Waals surface area contributed by atoms with Crippen molar-refractivity contribution in [2.75, 3.05) is 12.0 Å². The normalized spacial score (nSPS) is 13.6. The van der Waals surface area contributed by atoms with E-state index < -0.39 is 36.0 Å². The molecule has 0 saturated carbocycles. The highest BCUT2D eigenvalue weighted by Crippen LogP contribution is 2.10. The predicted molar refractivity (Wildman–Crippen MR) is 135 cm³/mol. The van der Waals surface area contributed by atoms with E-state index in [1.54, 1.807) is 11.8 Å². The second-order valence-corrected chi connectivity index (χ2v) is 10.1. The zero-order chi connectivity index (χ0) is 25.5. The van der Waals surface area contributed by atoms with Crippen molar-refractivity contribution in [3.63, 3.8) is 0 Å². The molecule has 0 saturated heterocycles. The maximum atomic E-state index is 13.1. The molecule has 0 fully saturated rings. The minimum Gasteiger partial charge on any atom is -0.445 e. The molecule has 1 aromatic carbocycles. The van der Waals surface area contributed by atoms with Crippen LogP contribution in [0, 0.1) is 11.8 Å². The van der Waals surface area contributed by atoms with Crippen molar-refractivity contribution in [2.45, 2.75) is 71.7 Å². The van der Waals surface area contributed by atoms with Crippen LogP contribution in [0.5, 0.6) is 0 Å². The van der Waals surface area contributed by atoms with Crippen LogP contribution in [0.2, 0.25) is 0 Å². The summed E-state index contributed by atoms with van der Waals surface area (Å²) in [6, 6.07) is 6.97. The first-order chi connectivity index (χ1) is 16.2. The standard InChI is InChI=1S/C25H39N3O5S/c1-17(2)13-21(23(30)26-20(15-29)11-12-34-5)27-24(31)22(14-18(3)4)28-25(32)33-16-19-9-7-6-8-10-19/h6-10,15,17-18,20-22H,11-14,16H2,1-5H3,(H,26,30)(H,27,31)(H,28,32)/t20-,21-,22-/m0/s1. The maximum absolute atomic E-state index is 13.1. The van der Waals surface area contributed by atoms with Gasteiger partial charge in [0, 0.05) is 0 Å². The molecule has 3 N–H and O–H groups in total. The number of aldehydes is 1. The average Bonchev–Trinajstić information content (AvgIpc) is 2.79. The topological polar surface area (TPSA) is 114 Å². The number of hydrogen-bond acceptors (Lipinski definition) is 6. The van der Waals surface area contributed by atoms with Crippen LogP contribution in [0.3, 0.4) is 0 Å². The zero-order valence-electron chi connectivity index (χ0n) is 20.8. The molecule has 190 valence electrons. The molecule has 1 aromatic rings. The van der Waals surface area contributed by atoms with Gasteiger partial charge in [0.05, 0.1) is 6.04 Å². The molecule has 8 nitrogen and oxygen atoms in total. The Labute approximate surface area is 207 Å². The van der Waals surface area contributed by atoms with Crippen LogP contribution in [-0.4, -0.2) is 54.3 Å².